The fourth-order valence-corrected chi connectivity index (χ4v) is 2.92. The smallest absolute Gasteiger partial charge is 0.137 e. The Balaban J connectivity index is 1.92. The molecule has 1 heterocycles. The van der Waals surface area contributed by atoms with Crippen LogP contribution in [-0.4, -0.2) is 7.11 Å². The first-order valence-electron chi connectivity index (χ1n) is 6.63. The molecule has 3 rings (SSSR count). The van der Waals surface area contributed by atoms with Crippen molar-refractivity contribution in [2.45, 2.75) is 18.6 Å². The lowest BCUT2D eigenvalue weighted by Gasteiger charge is -2.31. The molecular weight excluding hydrogens is 337 g/mol. The first kappa shape index (κ1) is 14.4. The largest absolute Gasteiger partial charge is 0.497 e. The number of hydrogen-bond donors (Lipinski definition) is 1. The van der Waals surface area contributed by atoms with Crippen LogP contribution in [0.3, 0.4) is 0 Å². The zero-order valence-electron chi connectivity index (χ0n) is 11.5. The minimum Gasteiger partial charge on any atom is -0.497 e. The Morgan fingerprint density at radius 3 is 2.81 bits per heavy atom. The summed E-state index contributed by atoms with van der Waals surface area (Å²) in [6, 6.07) is 10.4. The molecule has 0 saturated carbocycles. The second-order valence-electron chi connectivity index (χ2n) is 5.03. The predicted octanol–water partition coefficient (Wildman–Crippen LogP) is 4.12. The molecule has 0 amide bonds. The van der Waals surface area contributed by atoms with E-state index in [4.69, 9.17) is 15.2 Å². The van der Waals surface area contributed by atoms with Crippen molar-refractivity contribution in [2.75, 3.05) is 7.11 Å². The monoisotopic (exact) mass is 351 g/mol. The van der Waals surface area contributed by atoms with Gasteiger partial charge >= 0.3 is 0 Å². The molecule has 0 bridgehead atoms. The number of methoxy groups -OCH3 is 1. The van der Waals surface area contributed by atoms with Crippen LogP contribution in [0, 0.1) is 5.82 Å². The molecule has 1 aliphatic rings. The van der Waals surface area contributed by atoms with Gasteiger partial charge in [-0.25, -0.2) is 4.39 Å². The maximum atomic E-state index is 13.3. The number of benzene rings is 2. The maximum absolute atomic E-state index is 13.3. The minimum absolute atomic E-state index is 0.141. The summed E-state index contributed by atoms with van der Waals surface area (Å²) in [6.07, 6.45) is 0.455. The number of rotatable bonds is 2. The first-order chi connectivity index (χ1) is 10.1. The van der Waals surface area contributed by atoms with Gasteiger partial charge in [0.05, 0.1) is 11.6 Å². The quantitative estimate of drug-likeness (QED) is 0.884. The topological polar surface area (TPSA) is 44.5 Å². The highest BCUT2D eigenvalue weighted by molar-refractivity contribution is 9.10. The molecule has 0 radical (unpaired) electrons. The molecule has 0 aromatic heterocycles. The lowest BCUT2D eigenvalue weighted by atomic mass is 9.93. The summed E-state index contributed by atoms with van der Waals surface area (Å²) >= 11 is 3.20. The van der Waals surface area contributed by atoms with Gasteiger partial charge in [-0.3, -0.25) is 0 Å². The lowest BCUT2D eigenvalue weighted by Crippen LogP contribution is -2.24. The molecule has 110 valence electrons. The van der Waals surface area contributed by atoms with Crippen LogP contribution in [0.2, 0.25) is 0 Å². The van der Waals surface area contributed by atoms with Crippen molar-refractivity contribution in [3.8, 4) is 11.5 Å². The number of halogens is 2. The molecule has 0 spiro atoms. The van der Waals surface area contributed by atoms with E-state index < -0.39 is 0 Å². The van der Waals surface area contributed by atoms with Crippen LogP contribution >= 0.6 is 15.9 Å². The van der Waals surface area contributed by atoms with Gasteiger partial charge in [-0.05, 0) is 51.8 Å². The number of nitrogens with two attached hydrogens (primary N) is 1. The summed E-state index contributed by atoms with van der Waals surface area (Å²) in [5.74, 6) is 1.22. The average Bonchev–Trinajstić information content (AvgIpc) is 2.49. The van der Waals surface area contributed by atoms with Gasteiger partial charge in [0.2, 0.25) is 0 Å². The van der Waals surface area contributed by atoms with Gasteiger partial charge in [0.1, 0.15) is 23.4 Å². The summed E-state index contributed by atoms with van der Waals surface area (Å²) in [7, 11) is 1.62. The van der Waals surface area contributed by atoms with Crippen molar-refractivity contribution in [2.24, 2.45) is 5.73 Å². The summed E-state index contributed by atoms with van der Waals surface area (Å²) < 4.78 is 25.0. The molecule has 2 aromatic carbocycles. The Hall–Kier alpha value is -1.59. The first-order valence-corrected chi connectivity index (χ1v) is 7.43. The molecule has 2 atom stereocenters. The van der Waals surface area contributed by atoms with Crippen molar-refractivity contribution in [1.29, 1.82) is 0 Å². The Morgan fingerprint density at radius 2 is 2.10 bits per heavy atom. The number of fused-ring (bicyclic) bond motifs is 1. The molecule has 1 unspecified atom stereocenters. The molecule has 3 nitrogen and oxygen atoms in total. The van der Waals surface area contributed by atoms with E-state index >= 15 is 0 Å². The lowest BCUT2D eigenvalue weighted by molar-refractivity contribution is 0.161. The zero-order chi connectivity index (χ0) is 15.0. The third-order valence-corrected chi connectivity index (χ3v) is 4.28. The van der Waals surface area contributed by atoms with Gasteiger partial charge in [0.15, 0.2) is 0 Å². The molecule has 0 fully saturated rings. The molecule has 2 aromatic rings. The van der Waals surface area contributed by atoms with E-state index in [-0.39, 0.29) is 18.0 Å². The third-order valence-electron chi connectivity index (χ3n) is 3.67. The molecule has 0 saturated heterocycles. The normalized spacial score (nSPS) is 20.6. The van der Waals surface area contributed by atoms with E-state index in [2.05, 4.69) is 15.9 Å². The Morgan fingerprint density at radius 1 is 1.29 bits per heavy atom. The van der Waals surface area contributed by atoms with Crippen molar-refractivity contribution in [3.63, 3.8) is 0 Å². The SMILES string of the molecule is COc1ccc2c(c1)[C@H](N)CC(c1ccc(F)c(Br)c1)O2. The molecule has 5 heteroatoms. The van der Waals surface area contributed by atoms with E-state index in [9.17, 15) is 4.39 Å². The van der Waals surface area contributed by atoms with Crippen LogP contribution in [0.5, 0.6) is 11.5 Å². The highest BCUT2D eigenvalue weighted by Crippen LogP contribution is 2.41. The second-order valence-corrected chi connectivity index (χ2v) is 5.88. The van der Waals surface area contributed by atoms with Gasteiger partial charge in [0, 0.05) is 18.0 Å². The fourth-order valence-electron chi connectivity index (χ4n) is 2.53. The highest BCUT2D eigenvalue weighted by Gasteiger charge is 2.27. The Labute approximate surface area is 131 Å². The molecular formula is C16H15BrFNO2. The van der Waals surface area contributed by atoms with E-state index in [0.717, 1.165) is 22.6 Å². The van der Waals surface area contributed by atoms with Gasteiger partial charge in [-0.1, -0.05) is 6.07 Å². The summed E-state index contributed by atoms with van der Waals surface area (Å²) in [5, 5.41) is 0. The third kappa shape index (κ3) is 2.76. The standard InChI is InChI=1S/C16H15BrFNO2/c1-20-10-3-5-15-11(7-10)14(19)8-16(21-15)9-2-4-13(18)12(17)6-9/h2-7,14,16H,8,19H2,1H3/t14-,16?/m1/s1. The second kappa shape index (κ2) is 5.66. The van der Waals surface area contributed by atoms with E-state index in [1.54, 1.807) is 19.2 Å². The van der Waals surface area contributed by atoms with E-state index in [1.807, 2.05) is 18.2 Å². The number of ether oxygens (including phenoxy) is 2. The van der Waals surface area contributed by atoms with Crippen LogP contribution in [0.4, 0.5) is 4.39 Å². The molecule has 0 aliphatic carbocycles. The van der Waals surface area contributed by atoms with Crippen LogP contribution in [0.15, 0.2) is 40.9 Å². The zero-order valence-corrected chi connectivity index (χ0v) is 13.1. The van der Waals surface area contributed by atoms with Crippen molar-refractivity contribution >= 4 is 15.9 Å². The van der Waals surface area contributed by atoms with E-state index in [1.165, 1.54) is 6.07 Å². The Bertz CT molecular complexity index is 677. The minimum atomic E-state index is -0.288. The van der Waals surface area contributed by atoms with Gasteiger partial charge in [-0.15, -0.1) is 0 Å². The van der Waals surface area contributed by atoms with E-state index in [0.29, 0.717) is 10.9 Å². The van der Waals surface area contributed by atoms with Crippen LogP contribution in [0.25, 0.3) is 0 Å². The fraction of sp³-hybridized carbons (Fsp3) is 0.250. The summed E-state index contributed by atoms with van der Waals surface area (Å²) in [6.45, 7) is 0. The summed E-state index contributed by atoms with van der Waals surface area (Å²) in [5.41, 5.74) is 8.08. The average molecular weight is 352 g/mol. The van der Waals surface area contributed by atoms with Gasteiger partial charge in [-0.2, -0.15) is 0 Å². The molecule has 21 heavy (non-hydrogen) atoms. The summed E-state index contributed by atoms with van der Waals surface area (Å²) in [4.78, 5) is 0. The molecule has 2 N–H and O–H groups in total. The molecule has 1 aliphatic heterocycles. The van der Waals surface area contributed by atoms with Crippen LogP contribution < -0.4 is 15.2 Å². The van der Waals surface area contributed by atoms with Gasteiger partial charge in [0.25, 0.3) is 0 Å². The predicted molar refractivity (Wildman–Crippen MR) is 82.0 cm³/mol. The van der Waals surface area contributed by atoms with Crippen LogP contribution in [0.1, 0.15) is 29.7 Å². The van der Waals surface area contributed by atoms with Gasteiger partial charge < -0.3 is 15.2 Å². The van der Waals surface area contributed by atoms with Crippen LogP contribution in [-0.2, 0) is 0 Å². The highest BCUT2D eigenvalue weighted by atomic mass is 79.9. The Kier molecular flexibility index (Phi) is 3.87. The number of hydrogen-bond acceptors (Lipinski definition) is 3. The van der Waals surface area contributed by atoms with Crippen molar-refractivity contribution in [3.05, 3.63) is 57.8 Å². The maximum Gasteiger partial charge on any atom is 0.137 e. The van der Waals surface area contributed by atoms with Crippen molar-refractivity contribution < 1.29 is 13.9 Å². The van der Waals surface area contributed by atoms with Crippen molar-refractivity contribution in [1.82, 2.24) is 0 Å².